The second kappa shape index (κ2) is 7.77. The van der Waals surface area contributed by atoms with Crippen LogP contribution in [0.25, 0.3) is 0 Å². The number of rotatable bonds is 5. The van der Waals surface area contributed by atoms with Crippen molar-refractivity contribution in [2.24, 2.45) is 11.8 Å². The van der Waals surface area contributed by atoms with E-state index in [1.54, 1.807) is 0 Å². The monoisotopic (exact) mass is 326 g/mol. The van der Waals surface area contributed by atoms with Crippen molar-refractivity contribution in [1.29, 1.82) is 0 Å². The van der Waals surface area contributed by atoms with E-state index in [1.165, 1.54) is 27.1 Å². The molecule has 23 heavy (non-hydrogen) atoms. The van der Waals surface area contributed by atoms with E-state index in [2.05, 4.69) is 27.0 Å². The fourth-order valence-corrected chi connectivity index (χ4v) is 3.73. The normalized spacial score (nSPS) is 30.9. The summed E-state index contributed by atoms with van der Waals surface area (Å²) in [7, 11) is 2.46. The second-order valence-electron chi connectivity index (χ2n) is 6.51. The number of fused-ring (bicyclic) bond motifs is 1. The minimum absolute atomic E-state index is 0.231. The molecule has 2 aliphatic rings. The smallest absolute Gasteiger partial charge is 0.328 e. The number of hydrogen-bond acceptors (Lipinski definition) is 6. The number of hydrogen-bond donors (Lipinski definition) is 2. The Hall–Kier alpha value is -1.63. The second-order valence-corrected chi connectivity index (χ2v) is 6.51. The molecule has 0 aromatic carbocycles. The molecule has 5 atom stereocenters. The summed E-state index contributed by atoms with van der Waals surface area (Å²) < 4.78 is 9.21. The van der Waals surface area contributed by atoms with Gasteiger partial charge < -0.3 is 20.1 Å². The lowest BCUT2D eigenvalue weighted by molar-refractivity contribution is -0.150. The molecule has 2 N–H and O–H groups in total. The zero-order valence-electron chi connectivity index (χ0n) is 14.0. The number of carbonyl (C=O) groups is 3. The fraction of sp³-hybridized carbons (Fsp3) is 0.812. The van der Waals surface area contributed by atoms with E-state index in [-0.39, 0.29) is 18.4 Å². The summed E-state index contributed by atoms with van der Waals surface area (Å²) in [6.07, 6.45) is 4.05. The van der Waals surface area contributed by atoms with Gasteiger partial charge >= 0.3 is 11.9 Å². The third kappa shape index (κ3) is 4.22. The molecule has 1 aliphatic carbocycles. The van der Waals surface area contributed by atoms with Crippen LogP contribution < -0.4 is 10.6 Å². The first kappa shape index (κ1) is 17.7. The van der Waals surface area contributed by atoms with Gasteiger partial charge in [-0.25, -0.2) is 4.79 Å². The highest BCUT2D eigenvalue weighted by atomic mass is 16.5. The molecular formula is C16H26N2O5. The van der Waals surface area contributed by atoms with Gasteiger partial charge in [-0.2, -0.15) is 0 Å². The van der Waals surface area contributed by atoms with Crippen LogP contribution in [0.1, 0.15) is 39.0 Å². The first-order valence-electron chi connectivity index (χ1n) is 8.17. The quantitative estimate of drug-likeness (QED) is 0.709. The zero-order chi connectivity index (χ0) is 17.0. The van der Waals surface area contributed by atoms with Crippen molar-refractivity contribution >= 4 is 17.8 Å². The standard InChI is InChI=1S/C16H26N2O5/c1-9-5-4-6-10-7-11(17-14(9)10)15(20)18-12(16(21)23-3)8-13(19)22-2/h9-12,14,17H,4-8H2,1-3H3,(H,18,20)/t9?,10?,11?,12-,14?/m1/s1. The van der Waals surface area contributed by atoms with Crippen LogP contribution >= 0.6 is 0 Å². The highest BCUT2D eigenvalue weighted by Gasteiger charge is 2.42. The van der Waals surface area contributed by atoms with Gasteiger partial charge in [-0.3, -0.25) is 9.59 Å². The van der Waals surface area contributed by atoms with Crippen molar-refractivity contribution in [3.8, 4) is 0 Å². The molecule has 1 heterocycles. The first-order chi connectivity index (χ1) is 11.0. The van der Waals surface area contributed by atoms with Gasteiger partial charge in [0.25, 0.3) is 0 Å². The molecule has 4 unspecified atom stereocenters. The van der Waals surface area contributed by atoms with E-state index in [0.717, 1.165) is 12.8 Å². The van der Waals surface area contributed by atoms with Crippen LogP contribution in [0.3, 0.4) is 0 Å². The molecular weight excluding hydrogens is 300 g/mol. The topological polar surface area (TPSA) is 93.7 Å². The molecule has 7 heteroatoms. The summed E-state index contributed by atoms with van der Waals surface area (Å²) in [5.41, 5.74) is 0. The number of carbonyl (C=O) groups excluding carboxylic acids is 3. The lowest BCUT2D eigenvalue weighted by Crippen LogP contribution is -2.51. The van der Waals surface area contributed by atoms with E-state index in [1.807, 2.05) is 0 Å². The van der Waals surface area contributed by atoms with Crippen molar-refractivity contribution in [3.63, 3.8) is 0 Å². The molecule has 2 fully saturated rings. The molecule has 1 saturated carbocycles. The maximum atomic E-state index is 12.5. The molecule has 0 bridgehead atoms. The Kier molecular flexibility index (Phi) is 5.98. The summed E-state index contributed by atoms with van der Waals surface area (Å²) in [5.74, 6) is -0.412. The average Bonchev–Trinajstić information content (AvgIpc) is 2.99. The Morgan fingerprint density at radius 1 is 1.22 bits per heavy atom. The number of amides is 1. The number of nitrogens with one attached hydrogen (secondary N) is 2. The molecule has 0 radical (unpaired) electrons. The van der Waals surface area contributed by atoms with Crippen LogP contribution in [0.4, 0.5) is 0 Å². The Morgan fingerprint density at radius 2 is 1.96 bits per heavy atom. The van der Waals surface area contributed by atoms with Gasteiger partial charge in [0.05, 0.1) is 26.7 Å². The van der Waals surface area contributed by atoms with Gasteiger partial charge in [0.2, 0.25) is 5.91 Å². The molecule has 1 amide bonds. The third-order valence-corrected chi connectivity index (χ3v) is 5.00. The molecule has 0 aromatic heterocycles. The third-order valence-electron chi connectivity index (χ3n) is 5.00. The van der Waals surface area contributed by atoms with Crippen LogP contribution in [0.15, 0.2) is 0 Å². The van der Waals surface area contributed by atoms with Crippen molar-refractivity contribution in [1.82, 2.24) is 10.6 Å². The van der Waals surface area contributed by atoms with Crippen LogP contribution in [0.5, 0.6) is 0 Å². The van der Waals surface area contributed by atoms with Gasteiger partial charge in [0.15, 0.2) is 0 Å². The van der Waals surface area contributed by atoms with Crippen LogP contribution in [-0.4, -0.2) is 50.2 Å². The van der Waals surface area contributed by atoms with Gasteiger partial charge in [0, 0.05) is 6.04 Å². The Labute approximate surface area is 136 Å². The Bertz CT molecular complexity index is 467. The van der Waals surface area contributed by atoms with Gasteiger partial charge in [-0.15, -0.1) is 0 Å². The number of esters is 2. The average molecular weight is 326 g/mol. The lowest BCUT2D eigenvalue weighted by atomic mass is 9.78. The largest absolute Gasteiger partial charge is 0.469 e. The maximum absolute atomic E-state index is 12.5. The van der Waals surface area contributed by atoms with E-state index >= 15 is 0 Å². The Morgan fingerprint density at radius 3 is 2.57 bits per heavy atom. The summed E-state index contributed by atoms with van der Waals surface area (Å²) in [6.45, 7) is 2.21. The first-order valence-corrected chi connectivity index (χ1v) is 8.17. The van der Waals surface area contributed by atoms with Gasteiger partial charge in [-0.1, -0.05) is 13.3 Å². The maximum Gasteiger partial charge on any atom is 0.328 e. The summed E-state index contributed by atoms with van der Waals surface area (Å²) in [5, 5.41) is 6.01. The molecule has 130 valence electrons. The van der Waals surface area contributed by atoms with E-state index in [9.17, 15) is 14.4 Å². The molecule has 7 nitrogen and oxygen atoms in total. The number of ether oxygens (including phenoxy) is 2. The summed E-state index contributed by atoms with van der Waals surface area (Å²) >= 11 is 0. The highest BCUT2D eigenvalue weighted by molar-refractivity contribution is 5.90. The SMILES string of the molecule is COC(=O)C[C@@H](NC(=O)C1CC2CCCC(C)C2N1)C(=O)OC. The van der Waals surface area contributed by atoms with Gasteiger partial charge in [-0.05, 0) is 31.1 Å². The van der Waals surface area contributed by atoms with E-state index in [4.69, 9.17) is 0 Å². The van der Waals surface area contributed by atoms with Crippen molar-refractivity contribution in [2.75, 3.05) is 14.2 Å². The highest BCUT2D eigenvalue weighted by Crippen LogP contribution is 2.36. The minimum atomic E-state index is -1.01. The van der Waals surface area contributed by atoms with E-state index in [0.29, 0.717) is 17.9 Å². The molecule has 0 aromatic rings. The zero-order valence-corrected chi connectivity index (χ0v) is 14.0. The molecule has 1 saturated heterocycles. The molecule has 2 rings (SSSR count). The van der Waals surface area contributed by atoms with Crippen molar-refractivity contribution < 1.29 is 23.9 Å². The van der Waals surface area contributed by atoms with Crippen LogP contribution in [0, 0.1) is 11.8 Å². The molecule has 1 aliphatic heterocycles. The fourth-order valence-electron chi connectivity index (χ4n) is 3.73. The predicted molar refractivity (Wildman–Crippen MR) is 82.4 cm³/mol. The van der Waals surface area contributed by atoms with Gasteiger partial charge in [0.1, 0.15) is 6.04 Å². The van der Waals surface area contributed by atoms with E-state index < -0.39 is 18.0 Å². The van der Waals surface area contributed by atoms with Crippen molar-refractivity contribution in [2.45, 2.75) is 57.2 Å². The Balaban J connectivity index is 1.96. The molecule has 0 spiro atoms. The van der Waals surface area contributed by atoms with Crippen LogP contribution in [-0.2, 0) is 23.9 Å². The van der Waals surface area contributed by atoms with Crippen LogP contribution in [0.2, 0.25) is 0 Å². The minimum Gasteiger partial charge on any atom is -0.469 e. The predicted octanol–water partition coefficient (Wildman–Crippen LogP) is 0.374. The van der Waals surface area contributed by atoms with Crippen molar-refractivity contribution in [3.05, 3.63) is 0 Å². The summed E-state index contributed by atoms with van der Waals surface area (Å²) in [6, 6.07) is -0.978. The lowest BCUT2D eigenvalue weighted by Gasteiger charge is -2.31. The number of methoxy groups -OCH3 is 2. The summed E-state index contributed by atoms with van der Waals surface area (Å²) in [4.78, 5) is 35.6.